The van der Waals surface area contributed by atoms with Gasteiger partial charge in [0.05, 0.1) is 12.7 Å². The van der Waals surface area contributed by atoms with Gasteiger partial charge in [-0.15, -0.1) is 0 Å². The van der Waals surface area contributed by atoms with Crippen molar-refractivity contribution in [3.05, 3.63) is 20.8 Å². The number of nitrogens with zero attached hydrogens (tertiary/aromatic N) is 1. The van der Waals surface area contributed by atoms with Crippen LogP contribution in [0.25, 0.3) is 0 Å². The SMILES string of the molecule is COc1cc(Br)nc(Br)c1C(F)F. The molecule has 0 unspecified atom stereocenters. The van der Waals surface area contributed by atoms with E-state index in [0.717, 1.165) is 0 Å². The van der Waals surface area contributed by atoms with Crippen molar-refractivity contribution >= 4 is 31.9 Å². The fourth-order valence-electron chi connectivity index (χ4n) is 0.840. The average Bonchev–Trinajstić information content (AvgIpc) is 2.01. The minimum absolute atomic E-state index is 0.0914. The highest BCUT2D eigenvalue weighted by atomic mass is 79.9. The van der Waals surface area contributed by atoms with Crippen LogP contribution in [0.15, 0.2) is 15.3 Å². The molecule has 6 heteroatoms. The lowest BCUT2D eigenvalue weighted by Gasteiger charge is -2.09. The maximum Gasteiger partial charge on any atom is 0.270 e. The van der Waals surface area contributed by atoms with E-state index in [2.05, 4.69) is 36.8 Å². The zero-order valence-electron chi connectivity index (χ0n) is 6.52. The van der Waals surface area contributed by atoms with Gasteiger partial charge in [0.15, 0.2) is 0 Å². The number of hydrogen-bond donors (Lipinski definition) is 0. The van der Waals surface area contributed by atoms with Gasteiger partial charge >= 0.3 is 0 Å². The van der Waals surface area contributed by atoms with Crippen molar-refractivity contribution in [2.45, 2.75) is 6.43 Å². The topological polar surface area (TPSA) is 22.1 Å². The van der Waals surface area contributed by atoms with E-state index in [-0.39, 0.29) is 15.9 Å². The van der Waals surface area contributed by atoms with Crippen LogP contribution in [0.4, 0.5) is 8.78 Å². The van der Waals surface area contributed by atoms with Gasteiger partial charge in [-0.1, -0.05) is 0 Å². The third kappa shape index (κ3) is 2.37. The molecule has 1 aromatic rings. The molecule has 0 bridgehead atoms. The highest BCUT2D eigenvalue weighted by Gasteiger charge is 2.19. The molecule has 0 aliphatic heterocycles. The molecule has 0 amide bonds. The zero-order chi connectivity index (χ0) is 10.0. The molecule has 1 aromatic heterocycles. The zero-order valence-corrected chi connectivity index (χ0v) is 9.69. The maximum atomic E-state index is 12.4. The van der Waals surface area contributed by atoms with Crippen LogP contribution in [0.2, 0.25) is 0 Å². The molecule has 1 heterocycles. The number of ether oxygens (including phenoxy) is 1. The van der Waals surface area contributed by atoms with Crippen LogP contribution in [0.3, 0.4) is 0 Å². The van der Waals surface area contributed by atoms with Crippen LogP contribution < -0.4 is 4.74 Å². The molecule has 72 valence electrons. The molecule has 0 fully saturated rings. The van der Waals surface area contributed by atoms with Crippen LogP contribution in [-0.2, 0) is 0 Å². The van der Waals surface area contributed by atoms with Crippen molar-refractivity contribution in [2.24, 2.45) is 0 Å². The van der Waals surface area contributed by atoms with E-state index in [4.69, 9.17) is 4.74 Å². The second-order valence-corrected chi connectivity index (χ2v) is 3.72. The van der Waals surface area contributed by atoms with Crippen molar-refractivity contribution in [1.29, 1.82) is 0 Å². The van der Waals surface area contributed by atoms with Crippen molar-refractivity contribution in [2.75, 3.05) is 7.11 Å². The molecule has 0 saturated heterocycles. The van der Waals surface area contributed by atoms with E-state index in [0.29, 0.717) is 4.60 Å². The predicted molar refractivity (Wildman–Crippen MR) is 51.1 cm³/mol. The molecule has 1 rings (SSSR count). The number of rotatable bonds is 2. The minimum Gasteiger partial charge on any atom is -0.496 e. The summed E-state index contributed by atoms with van der Waals surface area (Å²) in [6.45, 7) is 0. The van der Waals surface area contributed by atoms with Gasteiger partial charge in [0.1, 0.15) is 15.0 Å². The van der Waals surface area contributed by atoms with Gasteiger partial charge in [0.2, 0.25) is 0 Å². The third-order valence-corrected chi connectivity index (χ3v) is 2.39. The molecule has 0 spiro atoms. The molecular formula is C7H5Br2F2NO. The molecule has 0 atom stereocenters. The van der Waals surface area contributed by atoms with Gasteiger partial charge in [0, 0.05) is 6.07 Å². The Balaban J connectivity index is 3.30. The Bertz CT molecular complexity index is 320. The summed E-state index contributed by atoms with van der Waals surface area (Å²) in [5, 5.41) is 0. The Morgan fingerprint density at radius 2 is 2.08 bits per heavy atom. The first-order valence-electron chi connectivity index (χ1n) is 3.24. The van der Waals surface area contributed by atoms with Gasteiger partial charge in [-0.2, -0.15) is 0 Å². The molecular weight excluding hydrogens is 312 g/mol. The van der Waals surface area contributed by atoms with Crippen molar-refractivity contribution in [3.63, 3.8) is 0 Å². The number of methoxy groups -OCH3 is 1. The van der Waals surface area contributed by atoms with E-state index in [1.165, 1.54) is 13.2 Å². The highest BCUT2D eigenvalue weighted by Crippen LogP contribution is 2.35. The first-order valence-corrected chi connectivity index (χ1v) is 4.83. The first-order chi connectivity index (χ1) is 6.06. The largest absolute Gasteiger partial charge is 0.496 e. The summed E-state index contributed by atoms with van der Waals surface area (Å²) in [6, 6.07) is 1.40. The molecule has 0 aromatic carbocycles. The number of halogens is 4. The predicted octanol–water partition coefficient (Wildman–Crippen LogP) is 3.55. The summed E-state index contributed by atoms with van der Waals surface area (Å²) in [7, 11) is 1.33. The second kappa shape index (κ2) is 4.32. The fourth-order valence-corrected chi connectivity index (χ4v) is 2.02. The van der Waals surface area contributed by atoms with Gasteiger partial charge < -0.3 is 4.74 Å². The number of alkyl halides is 2. The molecule has 13 heavy (non-hydrogen) atoms. The molecule has 2 nitrogen and oxygen atoms in total. The maximum absolute atomic E-state index is 12.4. The smallest absolute Gasteiger partial charge is 0.270 e. The quantitative estimate of drug-likeness (QED) is 0.778. The Hall–Kier alpha value is -0.230. The van der Waals surface area contributed by atoms with Gasteiger partial charge in [-0.3, -0.25) is 0 Å². The lowest BCUT2D eigenvalue weighted by atomic mass is 10.3. The Labute approximate surface area is 90.6 Å². The van der Waals surface area contributed by atoms with Crippen LogP contribution in [0, 0.1) is 0 Å². The second-order valence-electron chi connectivity index (χ2n) is 2.15. The summed E-state index contributed by atoms with van der Waals surface area (Å²) in [5.74, 6) is 0.115. The average molecular weight is 317 g/mol. The van der Waals surface area contributed by atoms with Crippen LogP contribution in [-0.4, -0.2) is 12.1 Å². The number of aromatic nitrogens is 1. The van der Waals surface area contributed by atoms with Crippen molar-refractivity contribution < 1.29 is 13.5 Å². The van der Waals surface area contributed by atoms with Crippen molar-refractivity contribution in [1.82, 2.24) is 4.98 Å². The fraction of sp³-hybridized carbons (Fsp3) is 0.286. The molecule has 0 radical (unpaired) electrons. The van der Waals surface area contributed by atoms with E-state index in [1.54, 1.807) is 0 Å². The van der Waals surface area contributed by atoms with E-state index < -0.39 is 6.43 Å². The minimum atomic E-state index is -2.61. The first kappa shape index (κ1) is 10.8. The number of pyridine rings is 1. The monoisotopic (exact) mass is 315 g/mol. The normalized spacial score (nSPS) is 10.6. The molecule has 0 aliphatic carbocycles. The molecule has 0 saturated carbocycles. The molecule has 0 aliphatic rings. The summed E-state index contributed by atoms with van der Waals surface area (Å²) in [6.07, 6.45) is -2.61. The van der Waals surface area contributed by atoms with Crippen molar-refractivity contribution in [3.8, 4) is 5.75 Å². The Morgan fingerprint density at radius 1 is 1.46 bits per heavy atom. The summed E-state index contributed by atoms with van der Waals surface area (Å²) in [4.78, 5) is 3.78. The standard InChI is InChI=1S/C7H5Br2F2NO/c1-13-3-2-4(8)12-6(9)5(3)7(10)11/h2,7H,1H3. The summed E-state index contributed by atoms with van der Waals surface area (Å²) < 4.78 is 30.2. The van der Waals surface area contributed by atoms with Crippen LogP contribution in [0.1, 0.15) is 12.0 Å². The molecule has 0 N–H and O–H groups in total. The summed E-state index contributed by atoms with van der Waals surface area (Å²) in [5.41, 5.74) is -0.231. The lowest BCUT2D eigenvalue weighted by Crippen LogP contribution is -1.96. The van der Waals surface area contributed by atoms with E-state index in [1.807, 2.05) is 0 Å². The van der Waals surface area contributed by atoms with E-state index >= 15 is 0 Å². The Kier molecular flexibility index (Phi) is 3.61. The highest BCUT2D eigenvalue weighted by molar-refractivity contribution is 9.11. The van der Waals surface area contributed by atoms with Crippen LogP contribution in [0.5, 0.6) is 5.75 Å². The lowest BCUT2D eigenvalue weighted by molar-refractivity contribution is 0.145. The summed E-state index contributed by atoms with van der Waals surface area (Å²) >= 11 is 6.01. The van der Waals surface area contributed by atoms with E-state index in [9.17, 15) is 8.78 Å². The van der Waals surface area contributed by atoms with Gasteiger partial charge in [-0.05, 0) is 31.9 Å². The van der Waals surface area contributed by atoms with Gasteiger partial charge in [-0.25, -0.2) is 13.8 Å². The third-order valence-electron chi connectivity index (χ3n) is 1.38. The van der Waals surface area contributed by atoms with Gasteiger partial charge in [0.25, 0.3) is 6.43 Å². The van der Waals surface area contributed by atoms with Crippen LogP contribution >= 0.6 is 31.9 Å². The Morgan fingerprint density at radius 3 is 2.54 bits per heavy atom. The number of hydrogen-bond acceptors (Lipinski definition) is 2.